The molecule has 7 heteroatoms. The molecular weight excluding hydrogens is 409 g/mol. The first-order valence-electron chi connectivity index (χ1n) is 9.14. The summed E-state index contributed by atoms with van der Waals surface area (Å²) in [6.45, 7) is 3.78. The fraction of sp³-hybridized carbons (Fsp3) is 0.130. The molecule has 2 heterocycles. The standard InChI is InChI=1S/C23H17F3N2OS/c1-12-3-7-14(8-4-12)17-11-16(23(24,25)26)18-19(27)21(30-22(18)28-17)20(29)15-9-5-13(2)6-10-15/h3-11H,27H2,1-2H3. The Morgan fingerprint density at radius 1 is 0.967 bits per heavy atom. The minimum atomic E-state index is -4.64. The summed E-state index contributed by atoms with van der Waals surface area (Å²) < 4.78 is 41.6. The first-order chi connectivity index (χ1) is 14.1. The zero-order valence-electron chi connectivity index (χ0n) is 16.2. The lowest BCUT2D eigenvalue weighted by atomic mass is 10.0. The van der Waals surface area contributed by atoms with Gasteiger partial charge in [-0.2, -0.15) is 13.2 Å². The number of aromatic nitrogens is 1. The predicted molar refractivity (Wildman–Crippen MR) is 114 cm³/mol. The van der Waals surface area contributed by atoms with E-state index in [9.17, 15) is 18.0 Å². The highest BCUT2D eigenvalue weighted by Crippen LogP contribution is 2.44. The van der Waals surface area contributed by atoms with E-state index in [1.54, 1.807) is 36.4 Å². The number of benzene rings is 2. The second-order valence-electron chi connectivity index (χ2n) is 7.14. The van der Waals surface area contributed by atoms with Crippen LogP contribution in [0, 0.1) is 13.8 Å². The Morgan fingerprint density at radius 2 is 1.53 bits per heavy atom. The van der Waals surface area contributed by atoms with E-state index in [0.29, 0.717) is 11.1 Å². The van der Waals surface area contributed by atoms with Gasteiger partial charge in [0.05, 0.1) is 16.9 Å². The summed E-state index contributed by atoms with van der Waals surface area (Å²) in [5.74, 6) is -0.416. The Bertz CT molecular complexity index is 1260. The van der Waals surface area contributed by atoms with Crippen LogP contribution in [0.4, 0.5) is 18.9 Å². The molecule has 0 aliphatic heterocycles. The maximum atomic E-state index is 13.9. The molecule has 0 amide bonds. The molecule has 0 atom stereocenters. The van der Waals surface area contributed by atoms with Gasteiger partial charge in [-0.1, -0.05) is 59.7 Å². The fourth-order valence-corrected chi connectivity index (χ4v) is 4.30. The third-order valence-electron chi connectivity index (χ3n) is 4.87. The lowest BCUT2D eigenvalue weighted by Crippen LogP contribution is -2.08. The largest absolute Gasteiger partial charge is 0.417 e. The zero-order chi connectivity index (χ0) is 21.6. The number of carbonyl (C=O) groups excluding carboxylic acids is 1. The van der Waals surface area contributed by atoms with E-state index in [-0.39, 0.29) is 26.5 Å². The van der Waals surface area contributed by atoms with Crippen LogP contribution in [0.25, 0.3) is 21.5 Å². The average molecular weight is 426 g/mol. The zero-order valence-corrected chi connectivity index (χ0v) is 17.0. The molecule has 0 spiro atoms. The second kappa shape index (κ2) is 7.25. The van der Waals surface area contributed by atoms with Gasteiger partial charge in [-0.15, -0.1) is 11.3 Å². The van der Waals surface area contributed by atoms with E-state index in [1.165, 1.54) is 0 Å². The lowest BCUT2D eigenvalue weighted by molar-refractivity contribution is -0.136. The lowest BCUT2D eigenvalue weighted by Gasteiger charge is -2.11. The van der Waals surface area contributed by atoms with Crippen LogP contribution in [0.1, 0.15) is 31.9 Å². The van der Waals surface area contributed by atoms with Crippen molar-refractivity contribution in [3.8, 4) is 11.3 Å². The fourth-order valence-electron chi connectivity index (χ4n) is 3.22. The van der Waals surface area contributed by atoms with Gasteiger partial charge in [-0.25, -0.2) is 4.98 Å². The number of hydrogen-bond acceptors (Lipinski definition) is 4. The minimum Gasteiger partial charge on any atom is -0.397 e. The Balaban J connectivity index is 1.93. The molecule has 0 unspecified atom stereocenters. The summed E-state index contributed by atoms with van der Waals surface area (Å²) in [5, 5.41) is -0.223. The van der Waals surface area contributed by atoms with Crippen LogP contribution in [-0.2, 0) is 6.18 Å². The molecule has 4 aromatic rings. The average Bonchev–Trinajstić information content (AvgIpc) is 3.03. The maximum absolute atomic E-state index is 13.9. The molecule has 2 N–H and O–H groups in total. The number of halogens is 3. The number of ketones is 1. The molecule has 2 aromatic carbocycles. The van der Waals surface area contributed by atoms with Gasteiger partial charge in [0.1, 0.15) is 9.71 Å². The first-order valence-corrected chi connectivity index (χ1v) is 9.95. The number of alkyl halides is 3. The predicted octanol–water partition coefficient (Wildman–Crippen LogP) is 6.41. The van der Waals surface area contributed by atoms with E-state index >= 15 is 0 Å². The highest BCUT2D eigenvalue weighted by atomic mass is 32.1. The van der Waals surface area contributed by atoms with Gasteiger partial charge in [0.25, 0.3) is 0 Å². The number of pyridine rings is 1. The van der Waals surface area contributed by atoms with Gasteiger partial charge >= 0.3 is 6.18 Å². The normalized spacial score (nSPS) is 11.8. The summed E-state index contributed by atoms with van der Waals surface area (Å²) in [6, 6.07) is 14.9. The third kappa shape index (κ3) is 3.57. The number of hydrogen-bond donors (Lipinski definition) is 1. The molecule has 0 fully saturated rings. The smallest absolute Gasteiger partial charge is 0.397 e. The quantitative estimate of drug-likeness (QED) is 0.385. The summed E-state index contributed by atoms with van der Waals surface area (Å²) >= 11 is 0.888. The summed E-state index contributed by atoms with van der Waals surface area (Å²) in [6.07, 6.45) is -4.64. The highest BCUT2D eigenvalue weighted by molar-refractivity contribution is 7.21. The topological polar surface area (TPSA) is 56.0 Å². The van der Waals surface area contributed by atoms with Gasteiger partial charge < -0.3 is 5.73 Å². The van der Waals surface area contributed by atoms with Gasteiger partial charge in [-0.05, 0) is 19.9 Å². The first kappa shape index (κ1) is 20.1. The summed E-state index contributed by atoms with van der Waals surface area (Å²) in [7, 11) is 0. The number of thiophene rings is 1. The van der Waals surface area contributed by atoms with Crippen molar-refractivity contribution in [2.75, 3.05) is 5.73 Å². The van der Waals surface area contributed by atoms with Crippen molar-refractivity contribution in [2.24, 2.45) is 0 Å². The molecule has 0 aliphatic carbocycles. The van der Waals surface area contributed by atoms with Crippen LogP contribution >= 0.6 is 11.3 Å². The number of anilines is 1. The molecular formula is C23H17F3N2OS. The van der Waals surface area contributed by atoms with Gasteiger partial charge in [-0.3, -0.25) is 4.79 Å². The molecule has 0 bridgehead atoms. The molecule has 3 nitrogen and oxygen atoms in total. The third-order valence-corrected chi connectivity index (χ3v) is 5.97. The van der Waals surface area contributed by atoms with E-state index < -0.39 is 17.5 Å². The summed E-state index contributed by atoms with van der Waals surface area (Å²) in [4.78, 5) is 17.5. The molecule has 152 valence electrons. The van der Waals surface area contributed by atoms with Crippen LogP contribution in [-0.4, -0.2) is 10.8 Å². The SMILES string of the molecule is Cc1ccc(C(=O)c2sc3nc(-c4ccc(C)cc4)cc(C(F)(F)F)c3c2N)cc1. The van der Waals surface area contributed by atoms with Crippen LogP contribution in [0.2, 0.25) is 0 Å². The number of aryl methyl sites for hydroxylation is 2. The molecule has 2 aromatic heterocycles. The van der Waals surface area contributed by atoms with Crippen molar-refractivity contribution in [1.29, 1.82) is 0 Å². The van der Waals surface area contributed by atoms with E-state index in [1.807, 2.05) is 26.0 Å². The Morgan fingerprint density at radius 3 is 2.10 bits per heavy atom. The van der Waals surface area contributed by atoms with Crippen LogP contribution in [0.5, 0.6) is 0 Å². The number of nitrogens with zero attached hydrogens (tertiary/aromatic N) is 1. The Hall–Kier alpha value is -3.19. The van der Waals surface area contributed by atoms with Crippen molar-refractivity contribution in [3.63, 3.8) is 0 Å². The molecule has 0 aliphatic rings. The Labute approximate surface area is 175 Å². The Kier molecular flexibility index (Phi) is 4.86. The van der Waals surface area contributed by atoms with E-state index in [4.69, 9.17) is 5.73 Å². The molecule has 0 saturated carbocycles. The molecule has 30 heavy (non-hydrogen) atoms. The minimum absolute atomic E-state index is 0.0629. The number of nitrogens with two attached hydrogens (primary N) is 1. The van der Waals surface area contributed by atoms with Crippen molar-refractivity contribution < 1.29 is 18.0 Å². The van der Waals surface area contributed by atoms with Gasteiger partial charge in [0, 0.05) is 16.5 Å². The monoisotopic (exact) mass is 426 g/mol. The van der Waals surface area contributed by atoms with Crippen LogP contribution < -0.4 is 5.73 Å². The van der Waals surface area contributed by atoms with Gasteiger partial charge in [0.15, 0.2) is 0 Å². The van der Waals surface area contributed by atoms with Crippen molar-refractivity contribution in [2.45, 2.75) is 20.0 Å². The van der Waals surface area contributed by atoms with Crippen molar-refractivity contribution in [1.82, 2.24) is 4.98 Å². The summed E-state index contributed by atoms with van der Waals surface area (Å²) in [5.41, 5.74) is 8.06. The number of fused-ring (bicyclic) bond motifs is 1. The molecule has 0 saturated heterocycles. The van der Waals surface area contributed by atoms with Crippen molar-refractivity contribution in [3.05, 3.63) is 81.7 Å². The molecule has 4 rings (SSSR count). The van der Waals surface area contributed by atoms with Crippen molar-refractivity contribution >= 4 is 33.0 Å². The van der Waals surface area contributed by atoms with E-state index in [0.717, 1.165) is 28.5 Å². The van der Waals surface area contributed by atoms with E-state index in [2.05, 4.69) is 4.98 Å². The van der Waals surface area contributed by atoms with Crippen LogP contribution in [0.3, 0.4) is 0 Å². The highest BCUT2D eigenvalue weighted by Gasteiger charge is 2.36. The number of rotatable bonds is 3. The second-order valence-corrected chi connectivity index (χ2v) is 8.14. The molecule has 0 radical (unpaired) electrons. The number of carbonyl (C=O) groups is 1. The maximum Gasteiger partial charge on any atom is 0.417 e. The number of nitrogen functional groups attached to an aromatic ring is 1. The van der Waals surface area contributed by atoms with Gasteiger partial charge in [0.2, 0.25) is 5.78 Å². The van der Waals surface area contributed by atoms with Crippen LogP contribution in [0.15, 0.2) is 54.6 Å².